The number of rotatable bonds is 5. The summed E-state index contributed by atoms with van der Waals surface area (Å²) in [5, 5.41) is 4.35. The van der Waals surface area contributed by atoms with Crippen molar-refractivity contribution in [1.82, 2.24) is 4.57 Å². The lowest BCUT2D eigenvalue weighted by molar-refractivity contribution is 0.489. The molecule has 2 aromatic heterocycles. The summed E-state index contributed by atoms with van der Waals surface area (Å²) in [5.41, 5.74) is 8.75. The summed E-state index contributed by atoms with van der Waals surface area (Å²) in [5.74, 6) is 0.952. The van der Waals surface area contributed by atoms with Gasteiger partial charge in [-0.1, -0.05) is 12.1 Å². The van der Waals surface area contributed by atoms with Crippen LogP contribution in [0, 0.1) is 20.8 Å². The predicted molar refractivity (Wildman–Crippen MR) is 94.1 cm³/mol. The number of anilines is 1. The van der Waals surface area contributed by atoms with Crippen LogP contribution in [0.5, 0.6) is 0 Å². The van der Waals surface area contributed by atoms with E-state index in [9.17, 15) is 0 Å². The Morgan fingerprint density at radius 3 is 2.74 bits per heavy atom. The Kier molecular flexibility index (Phi) is 4.33. The van der Waals surface area contributed by atoms with E-state index >= 15 is 0 Å². The first-order valence-corrected chi connectivity index (χ1v) is 7.68. The highest BCUT2D eigenvalue weighted by atomic mass is 16.3. The summed E-state index contributed by atoms with van der Waals surface area (Å²) >= 11 is 0. The highest BCUT2D eigenvalue weighted by molar-refractivity contribution is 5.82. The van der Waals surface area contributed by atoms with Gasteiger partial charge in [0.15, 0.2) is 0 Å². The van der Waals surface area contributed by atoms with E-state index in [1.54, 1.807) is 6.26 Å². The third kappa shape index (κ3) is 3.54. The van der Waals surface area contributed by atoms with Crippen molar-refractivity contribution >= 4 is 11.9 Å². The number of nitrogens with zero attached hydrogens (tertiary/aromatic N) is 2. The molecule has 2 heterocycles. The van der Waals surface area contributed by atoms with Gasteiger partial charge in [-0.15, -0.1) is 0 Å². The van der Waals surface area contributed by atoms with Crippen molar-refractivity contribution in [3.63, 3.8) is 0 Å². The Balaban J connectivity index is 1.74. The Bertz CT molecular complexity index is 813. The molecular weight excluding hydrogens is 286 g/mol. The van der Waals surface area contributed by atoms with Gasteiger partial charge in [-0.05, 0) is 56.7 Å². The van der Waals surface area contributed by atoms with Gasteiger partial charge in [0.05, 0.1) is 24.7 Å². The summed E-state index contributed by atoms with van der Waals surface area (Å²) in [7, 11) is 0. The van der Waals surface area contributed by atoms with Gasteiger partial charge in [-0.2, -0.15) is 5.10 Å². The Morgan fingerprint density at radius 1 is 1.13 bits per heavy atom. The average molecular weight is 307 g/mol. The molecule has 0 aliphatic heterocycles. The third-order valence-electron chi connectivity index (χ3n) is 3.92. The van der Waals surface area contributed by atoms with Gasteiger partial charge in [0.1, 0.15) is 5.76 Å². The Hall–Kier alpha value is -2.75. The molecule has 0 saturated heterocycles. The maximum absolute atomic E-state index is 5.44. The first-order valence-electron chi connectivity index (χ1n) is 7.68. The Labute approximate surface area is 136 Å². The van der Waals surface area contributed by atoms with Crippen molar-refractivity contribution in [2.75, 3.05) is 5.43 Å². The lowest BCUT2D eigenvalue weighted by Gasteiger charge is -2.07. The zero-order chi connectivity index (χ0) is 16.2. The molecule has 0 amide bonds. The summed E-state index contributed by atoms with van der Waals surface area (Å²) in [6, 6.07) is 14.2. The van der Waals surface area contributed by atoms with Gasteiger partial charge < -0.3 is 8.98 Å². The van der Waals surface area contributed by atoms with Gasteiger partial charge in [-0.3, -0.25) is 5.43 Å². The van der Waals surface area contributed by atoms with Crippen molar-refractivity contribution < 1.29 is 4.42 Å². The fourth-order valence-electron chi connectivity index (χ4n) is 2.65. The molecule has 4 heteroatoms. The van der Waals surface area contributed by atoms with Crippen LogP contribution in [0.4, 0.5) is 5.69 Å². The van der Waals surface area contributed by atoms with Crippen LogP contribution >= 0.6 is 0 Å². The maximum Gasteiger partial charge on any atom is 0.123 e. The number of hydrogen-bond acceptors (Lipinski definition) is 3. The lowest BCUT2D eigenvalue weighted by atomic mass is 10.2. The second-order valence-electron chi connectivity index (χ2n) is 5.73. The van der Waals surface area contributed by atoms with Crippen LogP contribution in [0.3, 0.4) is 0 Å². The number of nitrogens with one attached hydrogen (secondary N) is 1. The van der Waals surface area contributed by atoms with Crippen LogP contribution < -0.4 is 5.43 Å². The van der Waals surface area contributed by atoms with Crippen molar-refractivity contribution in [3.05, 3.63) is 77.0 Å². The molecule has 0 aliphatic carbocycles. The van der Waals surface area contributed by atoms with Gasteiger partial charge in [0, 0.05) is 17.0 Å². The Morgan fingerprint density at radius 2 is 2.00 bits per heavy atom. The average Bonchev–Trinajstić information content (AvgIpc) is 3.12. The molecule has 0 radical (unpaired) electrons. The minimum atomic E-state index is 0.740. The molecule has 0 aliphatic rings. The van der Waals surface area contributed by atoms with Crippen molar-refractivity contribution in [2.24, 2.45) is 5.10 Å². The van der Waals surface area contributed by atoms with E-state index in [1.165, 1.54) is 17.0 Å². The molecule has 3 rings (SSSR count). The second-order valence-corrected chi connectivity index (χ2v) is 5.73. The number of aryl methyl sites for hydroxylation is 2. The highest BCUT2D eigenvalue weighted by Gasteiger charge is 2.09. The zero-order valence-electron chi connectivity index (χ0n) is 13.7. The normalized spacial score (nSPS) is 11.3. The van der Waals surface area contributed by atoms with Crippen molar-refractivity contribution in [2.45, 2.75) is 27.3 Å². The summed E-state index contributed by atoms with van der Waals surface area (Å²) in [6.45, 7) is 7.01. The van der Waals surface area contributed by atoms with Crippen molar-refractivity contribution in [3.8, 4) is 0 Å². The van der Waals surface area contributed by atoms with Crippen LogP contribution in [0.2, 0.25) is 0 Å². The van der Waals surface area contributed by atoms with E-state index in [1.807, 2.05) is 30.5 Å². The minimum Gasteiger partial charge on any atom is -0.467 e. The van der Waals surface area contributed by atoms with Gasteiger partial charge in [-0.25, -0.2) is 0 Å². The molecule has 0 spiro atoms. The van der Waals surface area contributed by atoms with Crippen LogP contribution in [0.15, 0.2) is 58.2 Å². The molecular formula is C19H21N3O. The topological polar surface area (TPSA) is 42.5 Å². The maximum atomic E-state index is 5.44. The standard InChI is InChI=1S/C19H21N3O/c1-14-6-4-7-18(10-14)21-20-12-17-11-15(2)22(16(17)3)13-19-8-5-9-23-19/h4-12,21H,13H2,1-3H3/b20-12-. The summed E-state index contributed by atoms with van der Waals surface area (Å²) < 4.78 is 7.67. The van der Waals surface area contributed by atoms with Crippen LogP contribution in [-0.2, 0) is 6.54 Å². The van der Waals surface area contributed by atoms with Gasteiger partial charge in [0.25, 0.3) is 0 Å². The molecule has 0 fully saturated rings. The molecule has 3 aromatic rings. The lowest BCUT2D eigenvalue weighted by Crippen LogP contribution is -2.03. The second kappa shape index (κ2) is 6.57. The van der Waals surface area contributed by atoms with Crippen LogP contribution in [0.25, 0.3) is 0 Å². The number of aromatic nitrogens is 1. The smallest absolute Gasteiger partial charge is 0.123 e. The fraction of sp³-hybridized carbons (Fsp3) is 0.211. The molecule has 4 nitrogen and oxygen atoms in total. The summed E-state index contributed by atoms with van der Waals surface area (Å²) in [6.07, 6.45) is 3.57. The van der Waals surface area contributed by atoms with E-state index in [2.05, 4.69) is 54.1 Å². The van der Waals surface area contributed by atoms with E-state index in [4.69, 9.17) is 4.42 Å². The molecule has 0 bridgehead atoms. The molecule has 1 N–H and O–H groups in total. The molecule has 0 unspecified atom stereocenters. The van der Waals surface area contributed by atoms with Gasteiger partial charge in [0.2, 0.25) is 0 Å². The SMILES string of the molecule is Cc1cccc(N/N=C\c2cc(C)n(Cc3ccco3)c2C)c1. The molecule has 1 aromatic carbocycles. The first kappa shape index (κ1) is 15.2. The minimum absolute atomic E-state index is 0.740. The quantitative estimate of drug-likeness (QED) is 0.557. The van der Waals surface area contributed by atoms with Crippen molar-refractivity contribution in [1.29, 1.82) is 0 Å². The molecule has 0 atom stereocenters. The third-order valence-corrected chi connectivity index (χ3v) is 3.92. The number of hydrazone groups is 1. The number of hydrogen-bond donors (Lipinski definition) is 1. The number of benzene rings is 1. The van der Waals surface area contributed by atoms with Gasteiger partial charge >= 0.3 is 0 Å². The van der Waals surface area contributed by atoms with E-state index in [-0.39, 0.29) is 0 Å². The van der Waals surface area contributed by atoms with E-state index in [0.29, 0.717) is 0 Å². The molecule has 0 saturated carbocycles. The highest BCUT2D eigenvalue weighted by Crippen LogP contribution is 2.16. The number of furan rings is 1. The van der Waals surface area contributed by atoms with Crippen LogP contribution in [0.1, 0.15) is 28.3 Å². The largest absolute Gasteiger partial charge is 0.467 e. The fourth-order valence-corrected chi connectivity index (χ4v) is 2.65. The van der Waals surface area contributed by atoms with Crippen LogP contribution in [-0.4, -0.2) is 10.8 Å². The first-order chi connectivity index (χ1) is 11.1. The molecule has 23 heavy (non-hydrogen) atoms. The molecule has 118 valence electrons. The monoisotopic (exact) mass is 307 g/mol. The zero-order valence-corrected chi connectivity index (χ0v) is 13.7. The van der Waals surface area contributed by atoms with E-state index in [0.717, 1.165) is 23.6 Å². The summed E-state index contributed by atoms with van der Waals surface area (Å²) in [4.78, 5) is 0. The van der Waals surface area contributed by atoms with E-state index < -0.39 is 0 Å². The predicted octanol–water partition coefficient (Wildman–Crippen LogP) is 4.50.